The molecule has 4 rings (SSSR count). The second-order valence-electron chi connectivity index (χ2n) is 8.15. The number of anilines is 1. The Bertz CT molecular complexity index is 1290. The summed E-state index contributed by atoms with van der Waals surface area (Å²) in [6.07, 6.45) is 0.398. The van der Waals surface area contributed by atoms with Crippen molar-refractivity contribution in [2.24, 2.45) is 5.73 Å². The molecule has 0 aliphatic heterocycles. The predicted molar refractivity (Wildman–Crippen MR) is 125 cm³/mol. The van der Waals surface area contributed by atoms with E-state index in [9.17, 15) is 9.59 Å². The quantitative estimate of drug-likeness (QED) is 0.426. The molecule has 168 valence electrons. The van der Waals surface area contributed by atoms with E-state index in [1.807, 2.05) is 68.4 Å². The van der Waals surface area contributed by atoms with Gasteiger partial charge in [-0.3, -0.25) is 9.59 Å². The molecule has 0 spiro atoms. The lowest BCUT2D eigenvalue weighted by Crippen LogP contribution is -2.15. The number of aromatic nitrogens is 3. The summed E-state index contributed by atoms with van der Waals surface area (Å²) in [6, 6.07) is 18.7. The Hall–Kier alpha value is -4.20. The maximum absolute atomic E-state index is 12.6. The number of hydrogen-bond donors (Lipinski definition) is 2. The largest absolute Gasteiger partial charge is 0.383 e. The molecular formula is C25H25N5O3. The number of carbonyl (C=O) groups excluding carboxylic acids is 2. The zero-order valence-corrected chi connectivity index (χ0v) is 18.5. The van der Waals surface area contributed by atoms with Crippen LogP contribution in [0.1, 0.15) is 41.6 Å². The summed E-state index contributed by atoms with van der Waals surface area (Å²) in [5, 5.41) is 8.53. The first-order valence-corrected chi connectivity index (χ1v) is 10.6. The van der Waals surface area contributed by atoms with Gasteiger partial charge in [-0.1, -0.05) is 59.8 Å². The third-order valence-corrected chi connectivity index (χ3v) is 5.31. The van der Waals surface area contributed by atoms with Crippen LogP contribution in [0.4, 0.5) is 5.82 Å². The standard InChI is InChI=1S/C25H25N5O3/c1-15(2)30-24(26)22(25(27)32)23(28-30)18-10-8-16(9-11-18)12-19(31)13-20-14-21(29-33-20)17-6-4-3-5-7-17/h3-11,14-15H,12-13,26H2,1-2H3,(H2,27,32). The van der Waals surface area contributed by atoms with Crippen LogP contribution in [0.25, 0.3) is 22.5 Å². The van der Waals surface area contributed by atoms with Crippen LogP contribution in [-0.4, -0.2) is 26.6 Å². The van der Waals surface area contributed by atoms with Gasteiger partial charge < -0.3 is 16.0 Å². The number of ketones is 1. The van der Waals surface area contributed by atoms with Crippen LogP contribution in [0.15, 0.2) is 65.2 Å². The van der Waals surface area contributed by atoms with E-state index in [1.54, 1.807) is 10.7 Å². The van der Waals surface area contributed by atoms with Gasteiger partial charge >= 0.3 is 0 Å². The van der Waals surface area contributed by atoms with Crippen molar-refractivity contribution in [1.29, 1.82) is 0 Å². The fourth-order valence-electron chi connectivity index (χ4n) is 3.69. The van der Waals surface area contributed by atoms with E-state index in [2.05, 4.69) is 10.3 Å². The second kappa shape index (κ2) is 9.12. The van der Waals surface area contributed by atoms with Gasteiger partial charge in [-0.25, -0.2) is 4.68 Å². The van der Waals surface area contributed by atoms with E-state index in [0.29, 0.717) is 22.7 Å². The number of primary amides is 1. The van der Waals surface area contributed by atoms with Gasteiger partial charge in [0.25, 0.3) is 5.91 Å². The maximum atomic E-state index is 12.6. The minimum Gasteiger partial charge on any atom is -0.383 e. The molecule has 4 N–H and O–H groups in total. The number of benzene rings is 2. The van der Waals surface area contributed by atoms with Crippen LogP contribution in [-0.2, 0) is 17.6 Å². The molecule has 0 unspecified atom stereocenters. The molecule has 2 heterocycles. The summed E-state index contributed by atoms with van der Waals surface area (Å²) >= 11 is 0. The van der Waals surface area contributed by atoms with Gasteiger partial charge in [0.15, 0.2) is 0 Å². The van der Waals surface area contributed by atoms with Gasteiger partial charge in [0.1, 0.15) is 34.3 Å². The Morgan fingerprint density at radius 1 is 1.00 bits per heavy atom. The summed E-state index contributed by atoms with van der Waals surface area (Å²) in [6.45, 7) is 3.84. The predicted octanol–water partition coefficient (Wildman–Crippen LogP) is 3.82. The van der Waals surface area contributed by atoms with Gasteiger partial charge in [0.05, 0.1) is 6.42 Å². The van der Waals surface area contributed by atoms with Crippen molar-refractivity contribution in [3.63, 3.8) is 0 Å². The Balaban J connectivity index is 1.46. The van der Waals surface area contributed by atoms with E-state index in [0.717, 1.165) is 11.1 Å². The number of amides is 1. The van der Waals surface area contributed by atoms with E-state index in [-0.39, 0.29) is 36.0 Å². The number of hydrogen-bond acceptors (Lipinski definition) is 6. The molecule has 2 aromatic heterocycles. The average Bonchev–Trinajstić information content (AvgIpc) is 3.39. The summed E-state index contributed by atoms with van der Waals surface area (Å²) in [5.41, 5.74) is 15.4. The third-order valence-electron chi connectivity index (χ3n) is 5.31. The van der Waals surface area contributed by atoms with E-state index >= 15 is 0 Å². The Kier molecular flexibility index (Phi) is 6.08. The highest BCUT2D eigenvalue weighted by Gasteiger charge is 2.22. The van der Waals surface area contributed by atoms with Crippen LogP contribution < -0.4 is 11.5 Å². The first kappa shape index (κ1) is 22.0. The second-order valence-corrected chi connectivity index (χ2v) is 8.15. The van der Waals surface area contributed by atoms with Crippen molar-refractivity contribution in [3.05, 3.63) is 77.6 Å². The topological polar surface area (TPSA) is 130 Å². The fourth-order valence-corrected chi connectivity index (χ4v) is 3.69. The minimum absolute atomic E-state index is 0.00432. The van der Waals surface area contributed by atoms with E-state index < -0.39 is 5.91 Å². The van der Waals surface area contributed by atoms with E-state index in [1.165, 1.54) is 0 Å². The highest BCUT2D eigenvalue weighted by atomic mass is 16.5. The molecule has 0 fully saturated rings. The molecule has 0 bridgehead atoms. The zero-order chi connectivity index (χ0) is 23.5. The third kappa shape index (κ3) is 4.69. The molecule has 0 saturated carbocycles. The molecule has 8 heteroatoms. The molecule has 33 heavy (non-hydrogen) atoms. The fraction of sp³-hybridized carbons (Fsp3) is 0.200. The number of nitrogens with zero attached hydrogens (tertiary/aromatic N) is 3. The van der Waals surface area contributed by atoms with Crippen LogP contribution in [0.3, 0.4) is 0 Å². The van der Waals surface area contributed by atoms with Crippen LogP contribution in [0, 0.1) is 0 Å². The van der Waals surface area contributed by atoms with Crippen molar-refractivity contribution < 1.29 is 14.1 Å². The average molecular weight is 444 g/mol. The van der Waals surface area contributed by atoms with Gasteiger partial charge in [-0.15, -0.1) is 0 Å². The summed E-state index contributed by atoms with van der Waals surface area (Å²) < 4.78 is 6.91. The number of rotatable bonds is 8. The summed E-state index contributed by atoms with van der Waals surface area (Å²) in [7, 11) is 0. The Labute approximate surface area is 191 Å². The lowest BCUT2D eigenvalue weighted by Gasteiger charge is -2.06. The van der Waals surface area contributed by atoms with Crippen LogP contribution in [0.5, 0.6) is 0 Å². The Morgan fingerprint density at radius 3 is 2.33 bits per heavy atom. The Morgan fingerprint density at radius 2 is 1.70 bits per heavy atom. The highest BCUT2D eigenvalue weighted by molar-refractivity contribution is 6.03. The first-order chi connectivity index (χ1) is 15.8. The van der Waals surface area contributed by atoms with Gasteiger partial charge in [-0.2, -0.15) is 5.10 Å². The van der Waals surface area contributed by atoms with Gasteiger partial charge in [0.2, 0.25) is 0 Å². The van der Waals surface area contributed by atoms with Gasteiger partial charge in [0, 0.05) is 29.7 Å². The van der Waals surface area contributed by atoms with E-state index in [4.69, 9.17) is 16.0 Å². The number of nitrogen functional groups attached to an aromatic ring is 1. The number of nitrogens with two attached hydrogens (primary N) is 2. The van der Waals surface area contributed by atoms with Crippen LogP contribution >= 0.6 is 0 Å². The molecule has 1 amide bonds. The molecule has 8 nitrogen and oxygen atoms in total. The lowest BCUT2D eigenvalue weighted by molar-refractivity contribution is -0.118. The minimum atomic E-state index is -0.629. The lowest BCUT2D eigenvalue weighted by atomic mass is 10.0. The van der Waals surface area contributed by atoms with Crippen molar-refractivity contribution >= 4 is 17.5 Å². The monoisotopic (exact) mass is 443 g/mol. The normalized spacial score (nSPS) is 11.1. The highest BCUT2D eigenvalue weighted by Crippen LogP contribution is 2.29. The molecule has 0 aliphatic rings. The maximum Gasteiger partial charge on any atom is 0.254 e. The van der Waals surface area contributed by atoms with Crippen LogP contribution in [0.2, 0.25) is 0 Å². The molecule has 0 aliphatic carbocycles. The molecular weight excluding hydrogens is 418 g/mol. The van der Waals surface area contributed by atoms with Crippen molar-refractivity contribution in [1.82, 2.24) is 14.9 Å². The SMILES string of the molecule is CC(C)n1nc(-c2ccc(CC(=O)Cc3cc(-c4ccccc4)no3)cc2)c(C(N)=O)c1N. The number of carbonyl (C=O) groups is 2. The summed E-state index contributed by atoms with van der Waals surface area (Å²) in [5.74, 6) is 0.144. The molecule has 0 radical (unpaired) electrons. The first-order valence-electron chi connectivity index (χ1n) is 10.6. The van der Waals surface area contributed by atoms with Crippen molar-refractivity contribution in [2.75, 3.05) is 5.73 Å². The molecule has 2 aromatic carbocycles. The molecule has 0 saturated heterocycles. The zero-order valence-electron chi connectivity index (χ0n) is 18.5. The molecule has 4 aromatic rings. The summed E-state index contributed by atoms with van der Waals surface area (Å²) in [4.78, 5) is 24.5. The smallest absolute Gasteiger partial charge is 0.254 e. The van der Waals surface area contributed by atoms with Crippen molar-refractivity contribution in [2.45, 2.75) is 32.7 Å². The molecule has 0 atom stereocenters. The number of Topliss-reactive ketones (excluding diaryl/α,β-unsaturated/α-hetero) is 1. The van der Waals surface area contributed by atoms with Gasteiger partial charge in [-0.05, 0) is 19.4 Å². The van der Waals surface area contributed by atoms with Crippen molar-refractivity contribution in [3.8, 4) is 22.5 Å².